The molecular weight excluding hydrogens is 444 g/mol. The molecule has 3 aromatic rings. The average Bonchev–Trinajstić information content (AvgIpc) is 3.28. The van der Waals surface area contributed by atoms with Gasteiger partial charge in [0.05, 0.1) is 4.90 Å². The van der Waals surface area contributed by atoms with Crippen LogP contribution >= 0.6 is 0 Å². The second kappa shape index (κ2) is 9.97. The standard InChI is InChI=1S/C23H26N4O5S/c1-23(2,3)27-33(30,31)18-11-9-17(10-12-18)24-22(29)20(15-16-7-5-4-6-8-16)25-21(28)19-13-14-32-26-19/h4-14,20,27H,15H2,1-3H3,(H,24,29)(H,25,28)/t20-/m0/s1. The molecule has 0 fully saturated rings. The molecule has 0 unspecified atom stereocenters. The number of hydrogen-bond acceptors (Lipinski definition) is 6. The van der Waals surface area contributed by atoms with Crippen LogP contribution in [-0.4, -0.2) is 37.0 Å². The van der Waals surface area contributed by atoms with E-state index in [9.17, 15) is 18.0 Å². The fourth-order valence-electron chi connectivity index (χ4n) is 3.03. The molecule has 2 amide bonds. The molecule has 174 valence electrons. The zero-order chi connectivity index (χ0) is 24.1. The summed E-state index contributed by atoms with van der Waals surface area (Å²) in [4.78, 5) is 25.5. The Bertz CT molecular complexity index is 1190. The third kappa shape index (κ3) is 6.99. The van der Waals surface area contributed by atoms with Gasteiger partial charge in [-0.15, -0.1) is 0 Å². The number of anilines is 1. The van der Waals surface area contributed by atoms with Crippen LogP contribution in [0.3, 0.4) is 0 Å². The first-order chi connectivity index (χ1) is 15.5. The maximum atomic E-state index is 13.0. The van der Waals surface area contributed by atoms with Crippen molar-refractivity contribution in [3.63, 3.8) is 0 Å². The van der Waals surface area contributed by atoms with Gasteiger partial charge < -0.3 is 15.2 Å². The number of carbonyl (C=O) groups is 2. The molecule has 0 spiro atoms. The summed E-state index contributed by atoms with van der Waals surface area (Å²) in [5, 5.41) is 8.99. The summed E-state index contributed by atoms with van der Waals surface area (Å²) in [7, 11) is -3.70. The molecule has 1 atom stereocenters. The molecule has 3 rings (SSSR count). The third-order valence-corrected chi connectivity index (χ3v) is 6.22. The first-order valence-electron chi connectivity index (χ1n) is 10.2. The second-order valence-corrected chi connectivity index (χ2v) is 10.2. The Morgan fingerprint density at radius 1 is 1.00 bits per heavy atom. The highest BCUT2D eigenvalue weighted by atomic mass is 32.2. The zero-order valence-electron chi connectivity index (χ0n) is 18.5. The molecule has 10 heteroatoms. The molecule has 0 aliphatic carbocycles. The summed E-state index contributed by atoms with van der Waals surface area (Å²) in [6.07, 6.45) is 1.52. The Labute approximate surface area is 192 Å². The van der Waals surface area contributed by atoms with Crippen LogP contribution in [0.2, 0.25) is 0 Å². The van der Waals surface area contributed by atoms with E-state index in [2.05, 4.69) is 20.5 Å². The highest BCUT2D eigenvalue weighted by Crippen LogP contribution is 2.17. The second-order valence-electron chi connectivity index (χ2n) is 8.47. The Kier molecular flexibility index (Phi) is 7.29. The lowest BCUT2D eigenvalue weighted by molar-refractivity contribution is -0.118. The maximum Gasteiger partial charge on any atom is 0.274 e. The molecule has 1 aromatic heterocycles. The van der Waals surface area contributed by atoms with E-state index in [0.29, 0.717) is 5.69 Å². The van der Waals surface area contributed by atoms with Crippen molar-refractivity contribution in [2.75, 3.05) is 5.32 Å². The molecule has 2 aromatic carbocycles. The van der Waals surface area contributed by atoms with Gasteiger partial charge in [0.2, 0.25) is 15.9 Å². The van der Waals surface area contributed by atoms with E-state index in [1.807, 2.05) is 30.3 Å². The van der Waals surface area contributed by atoms with E-state index in [4.69, 9.17) is 4.52 Å². The number of aromatic nitrogens is 1. The molecule has 33 heavy (non-hydrogen) atoms. The quantitative estimate of drug-likeness (QED) is 0.464. The van der Waals surface area contributed by atoms with Gasteiger partial charge in [0.1, 0.15) is 12.3 Å². The van der Waals surface area contributed by atoms with Crippen molar-refractivity contribution < 1.29 is 22.5 Å². The number of rotatable bonds is 8. The van der Waals surface area contributed by atoms with Crippen LogP contribution in [0.25, 0.3) is 0 Å². The molecule has 9 nitrogen and oxygen atoms in total. The van der Waals surface area contributed by atoms with Crippen molar-refractivity contribution in [1.29, 1.82) is 0 Å². The number of carbonyl (C=O) groups excluding carboxylic acids is 2. The smallest absolute Gasteiger partial charge is 0.274 e. The predicted octanol–water partition coefficient (Wildman–Crippen LogP) is 2.73. The van der Waals surface area contributed by atoms with Crippen molar-refractivity contribution in [2.24, 2.45) is 0 Å². The van der Waals surface area contributed by atoms with Gasteiger partial charge in [0, 0.05) is 23.7 Å². The normalized spacial score (nSPS) is 12.7. The van der Waals surface area contributed by atoms with E-state index in [1.54, 1.807) is 20.8 Å². The summed E-state index contributed by atoms with van der Waals surface area (Å²) in [5.74, 6) is -1.01. The minimum atomic E-state index is -3.70. The highest BCUT2D eigenvalue weighted by molar-refractivity contribution is 7.89. The fourth-order valence-corrected chi connectivity index (χ4v) is 4.45. The van der Waals surface area contributed by atoms with Gasteiger partial charge in [0.15, 0.2) is 5.69 Å². The third-order valence-electron chi connectivity index (χ3n) is 4.45. The Hall–Kier alpha value is -3.50. The van der Waals surface area contributed by atoms with E-state index in [1.165, 1.54) is 36.6 Å². The van der Waals surface area contributed by atoms with Gasteiger partial charge in [-0.25, -0.2) is 13.1 Å². The Morgan fingerprint density at radius 3 is 2.24 bits per heavy atom. The van der Waals surface area contributed by atoms with Crippen molar-refractivity contribution in [3.8, 4) is 0 Å². The van der Waals surface area contributed by atoms with E-state index >= 15 is 0 Å². The number of nitrogens with one attached hydrogen (secondary N) is 3. The summed E-state index contributed by atoms with van der Waals surface area (Å²) in [5.41, 5.74) is 0.677. The molecule has 0 radical (unpaired) electrons. The fraction of sp³-hybridized carbons (Fsp3) is 0.261. The summed E-state index contributed by atoms with van der Waals surface area (Å²) in [6, 6.07) is 15.5. The first kappa shape index (κ1) is 24.1. The predicted molar refractivity (Wildman–Crippen MR) is 123 cm³/mol. The minimum absolute atomic E-state index is 0.0572. The first-order valence-corrected chi connectivity index (χ1v) is 11.7. The Morgan fingerprint density at radius 2 is 1.67 bits per heavy atom. The summed E-state index contributed by atoms with van der Waals surface area (Å²) < 4.78 is 32.2. The van der Waals surface area contributed by atoms with Crippen LogP contribution in [0, 0.1) is 0 Å². The molecule has 0 saturated heterocycles. The lowest BCUT2D eigenvalue weighted by Gasteiger charge is -2.20. The van der Waals surface area contributed by atoms with Gasteiger partial charge in [-0.2, -0.15) is 0 Å². The molecule has 0 aliphatic heterocycles. The molecule has 3 N–H and O–H groups in total. The summed E-state index contributed by atoms with van der Waals surface area (Å²) in [6.45, 7) is 5.25. The van der Waals surface area contributed by atoms with Crippen molar-refractivity contribution in [3.05, 3.63) is 78.2 Å². The Balaban J connectivity index is 1.75. The molecule has 0 aliphatic rings. The largest absolute Gasteiger partial charge is 0.364 e. The number of nitrogens with zero attached hydrogens (tertiary/aromatic N) is 1. The molecular formula is C23H26N4O5S. The number of sulfonamides is 1. The molecule has 1 heterocycles. The lowest BCUT2D eigenvalue weighted by Crippen LogP contribution is -2.45. The SMILES string of the molecule is CC(C)(C)NS(=O)(=O)c1ccc(NC(=O)[C@H](Cc2ccccc2)NC(=O)c2ccon2)cc1. The van der Waals surface area contributed by atoms with Crippen molar-refractivity contribution in [1.82, 2.24) is 15.2 Å². The number of benzene rings is 2. The van der Waals surface area contributed by atoms with Crippen molar-refractivity contribution >= 4 is 27.5 Å². The van der Waals surface area contributed by atoms with Crippen LogP contribution in [0.4, 0.5) is 5.69 Å². The van der Waals surface area contributed by atoms with E-state index in [0.717, 1.165) is 5.56 Å². The van der Waals surface area contributed by atoms with Gasteiger partial charge >= 0.3 is 0 Å². The molecule has 0 saturated carbocycles. The van der Waals surface area contributed by atoms with Crippen LogP contribution in [0.5, 0.6) is 0 Å². The van der Waals surface area contributed by atoms with Crippen LogP contribution in [-0.2, 0) is 21.2 Å². The van der Waals surface area contributed by atoms with Gasteiger partial charge in [-0.05, 0) is 50.6 Å². The van der Waals surface area contributed by atoms with Gasteiger partial charge in [-0.1, -0.05) is 35.5 Å². The van der Waals surface area contributed by atoms with Crippen LogP contribution in [0.15, 0.2) is 76.3 Å². The van der Waals surface area contributed by atoms with E-state index in [-0.39, 0.29) is 17.0 Å². The minimum Gasteiger partial charge on any atom is -0.364 e. The van der Waals surface area contributed by atoms with Gasteiger partial charge in [-0.3, -0.25) is 9.59 Å². The highest BCUT2D eigenvalue weighted by Gasteiger charge is 2.24. The average molecular weight is 471 g/mol. The van der Waals surface area contributed by atoms with Crippen LogP contribution < -0.4 is 15.4 Å². The topological polar surface area (TPSA) is 130 Å². The van der Waals surface area contributed by atoms with Crippen LogP contribution in [0.1, 0.15) is 36.8 Å². The van der Waals surface area contributed by atoms with E-state index < -0.39 is 33.4 Å². The summed E-state index contributed by atoms with van der Waals surface area (Å²) >= 11 is 0. The lowest BCUT2D eigenvalue weighted by atomic mass is 10.0. The molecule has 0 bridgehead atoms. The maximum absolute atomic E-state index is 13.0. The zero-order valence-corrected chi connectivity index (χ0v) is 19.3. The monoisotopic (exact) mass is 470 g/mol. The van der Waals surface area contributed by atoms with Gasteiger partial charge in [0.25, 0.3) is 5.91 Å². The van der Waals surface area contributed by atoms with Crippen molar-refractivity contribution in [2.45, 2.75) is 43.7 Å². The number of amides is 2. The number of hydrogen-bond donors (Lipinski definition) is 3.